The fourth-order valence-electron chi connectivity index (χ4n) is 1.81. The Labute approximate surface area is 110 Å². The third-order valence-electron chi connectivity index (χ3n) is 2.90. The molecule has 0 saturated carbocycles. The minimum absolute atomic E-state index is 0.638. The molecule has 102 valence electrons. The number of aromatic nitrogens is 2. The predicted octanol–water partition coefficient (Wildman–Crippen LogP) is 2.33. The van der Waals surface area contributed by atoms with Gasteiger partial charge in [-0.15, -0.1) is 0 Å². The van der Waals surface area contributed by atoms with E-state index < -0.39 is 5.60 Å². The summed E-state index contributed by atoms with van der Waals surface area (Å²) in [6.45, 7) is 8.51. The number of anilines is 1. The highest BCUT2D eigenvalue weighted by Gasteiger charge is 2.16. The molecular weight excluding hydrogens is 226 g/mol. The summed E-state index contributed by atoms with van der Waals surface area (Å²) < 4.78 is 0. The first-order chi connectivity index (χ1) is 8.33. The van der Waals surface area contributed by atoms with Crippen LogP contribution in [0.4, 0.5) is 5.82 Å². The van der Waals surface area contributed by atoms with Gasteiger partial charge in [0.15, 0.2) is 0 Å². The lowest BCUT2D eigenvalue weighted by molar-refractivity contribution is 0.0733. The molecule has 0 saturated heterocycles. The summed E-state index contributed by atoms with van der Waals surface area (Å²) in [7, 11) is 2.02. The van der Waals surface area contributed by atoms with Crippen LogP contribution in [0.3, 0.4) is 0 Å². The molecule has 0 aromatic carbocycles. The van der Waals surface area contributed by atoms with Crippen molar-refractivity contribution in [1.82, 2.24) is 9.97 Å². The van der Waals surface area contributed by atoms with E-state index in [1.165, 1.54) is 5.56 Å². The van der Waals surface area contributed by atoms with Crippen molar-refractivity contribution < 1.29 is 5.11 Å². The summed E-state index contributed by atoms with van der Waals surface area (Å²) in [6.07, 6.45) is 4.71. The average molecular weight is 251 g/mol. The van der Waals surface area contributed by atoms with Gasteiger partial charge in [0.25, 0.3) is 0 Å². The maximum absolute atomic E-state index is 9.78. The van der Waals surface area contributed by atoms with Crippen LogP contribution in [0.15, 0.2) is 6.20 Å². The lowest BCUT2D eigenvalue weighted by atomic mass is 10.1. The number of aryl methyl sites for hydroxylation is 2. The SMILES string of the molecule is CCCc1cnc(C)nc1N(C)CCC(C)(C)O. The normalized spacial score (nSPS) is 11.7. The highest BCUT2D eigenvalue weighted by molar-refractivity contribution is 5.45. The van der Waals surface area contributed by atoms with Gasteiger partial charge in [-0.25, -0.2) is 9.97 Å². The topological polar surface area (TPSA) is 49.2 Å². The molecule has 1 aromatic heterocycles. The highest BCUT2D eigenvalue weighted by Crippen LogP contribution is 2.19. The largest absolute Gasteiger partial charge is 0.390 e. The van der Waals surface area contributed by atoms with Gasteiger partial charge in [-0.1, -0.05) is 13.3 Å². The van der Waals surface area contributed by atoms with Crippen LogP contribution in [-0.4, -0.2) is 34.3 Å². The molecular formula is C14H25N3O. The first-order valence-electron chi connectivity index (χ1n) is 6.59. The molecule has 0 aliphatic carbocycles. The lowest BCUT2D eigenvalue weighted by Gasteiger charge is -2.25. The molecule has 0 atom stereocenters. The van der Waals surface area contributed by atoms with Crippen molar-refractivity contribution >= 4 is 5.82 Å². The van der Waals surface area contributed by atoms with E-state index in [1.807, 2.05) is 34.0 Å². The Morgan fingerprint density at radius 1 is 1.39 bits per heavy atom. The molecule has 0 unspecified atom stereocenters. The molecule has 1 rings (SSSR count). The molecule has 18 heavy (non-hydrogen) atoms. The zero-order valence-electron chi connectivity index (χ0n) is 12.2. The van der Waals surface area contributed by atoms with Crippen molar-refractivity contribution in [2.45, 2.75) is 52.6 Å². The average Bonchev–Trinajstić information content (AvgIpc) is 2.27. The van der Waals surface area contributed by atoms with Gasteiger partial charge in [-0.2, -0.15) is 0 Å². The van der Waals surface area contributed by atoms with Crippen LogP contribution in [0, 0.1) is 6.92 Å². The van der Waals surface area contributed by atoms with Crippen molar-refractivity contribution in [1.29, 1.82) is 0 Å². The van der Waals surface area contributed by atoms with E-state index in [0.29, 0.717) is 0 Å². The Kier molecular flexibility index (Phi) is 5.08. The first-order valence-corrected chi connectivity index (χ1v) is 6.59. The van der Waals surface area contributed by atoms with Gasteiger partial charge < -0.3 is 10.0 Å². The van der Waals surface area contributed by atoms with Crippen molar-refractivity contribution in [3.05, 3.63) is 17.6 Å². The van der Waals surface area contributed by atoms with Gasteiger partial charge in [0.2, 0.25) is 0 Å². The first kappa shape index (κ1) is 14.9. The van der Waals surface area contributed by atoms with Gasteiger partial charge in [0.05, 0.1) is 5.60 Å². The Morgan fingerprint density at radius 3 is 2.61 bits per heavy atom. The quantitative estimate of drug-likeness (QED) is 0.843. The van der Waals surface area contributed by atoms with Crippen LogP contribution in [0.2, 0.25) is 0 Å². The molecule has 0 radical (unpaired) electrons. The smallest absolute Gasteiger partial charge is 0.135 e. The van der Waals surface area contributed by atoms with Crippen LogP contribution in [0.5, 0.6) is 0 Å². The van der Waals surface area contributed by atoms with E-state index in [0.717, 1.165) is 37.4 Å². The van der Waals surface area contributed by atoms with Crippen LogP contribution >= 0.6 is 0 Å². The lowest BCUT2D eigenvalue weighted by Crippen LogP contribution is -2.29. The summed E-state index contributed by atoms with van der Waals surface area (Å²) in [5.41, 5.74) is 0.544. The predicted molar refractivity (Wildman–Crippen MR) is 74.9 cm³/mol. The molecule has 4 heteroatoms. The maximum atomic E-state index is 9.78. The van der Waals surface area contributed by atoms with Gasteiger partial charge in [0.1, 0.15) is 11.6 Å². The van der Waals surface area contributed by atoms with Crippen molar-refractivity contribution in [2.24, 2.45) is 0 Å². The molecule has 1 N–H and O–H groups in total. The number of hydrogen-bond donors (Lipinski definition) is 1. The zero-order valence-corrected chi connectivity index (χ0v) is 12.2. The molecule has 1 heterocycles. The summed E-state index contributed by atoms with van der Waals surface area (Å²) in [5, 5.41) is 9.78. The van der Waals surface area contributed by atoms with Gasteiger partial charge in [-0.05, 0) is 33.6 Å². The minimum atomic E-state index is -0.638. The van der Waals surface area contributed by atoms with Crippen molar-refractivity contribution in [3.8, 4) is 0 Å². The van der Waals surface area contributed by atoms with E-state index in [4.69, 9.17) is 0 Å². The molecule has 0 amide bonds. The zero-order chi connectivity index (χ0) is 13.8. The highest BCUT2D eigenvalue weighted by atomic mass is 16.3. The fourth-order valence-corrected chi connectivity index (χ4v) is 1.81. The Hall–Kier alpha value is -1.16. The molecule has 0 bridgehead atoms. The molecule has 0 spiro atoms. The molecule has 0 fully saturated rings. The number of rotatable bonds is 6. The summed E-state index contributed by atoms with van der Waals surface area (Å²) in [6, 6.07) is 0. The van der Waals surface area contributed by atoms with E-state index in [2.05, 4.69) is 21.8 Å². The number of nitrogens with zero attached hydrogens (tertiary/aromatic N) is 3. The summed E-state index contributed by atoms with van der Waals surface area (Å²) in [5.74, 6) is 1.79. The maximum Gasteiger partial charge on any atom is 0.135 e. The van der Waals surface area contributed by atoms with Crippen LogP contribution < -0.4 is 4.90 Å². The minimum Gasteiger partial charge on any atom is -0.390 e. The summed E-state index contributed by atoms with van der Waals surface area (Å²) in [4.78, 5) is 10.9. The van der Waals surface area contributed by atoms with Crippen molar-refractivity contribution in [2.75, 3.05) is 18.5 Å². The standard InChI is InChI=1S/C14H25N3O/c1-6-7-12-10-15-11(2)16-13(12)17(5)9-8-14(3,4)18/h10,18H,6-9H2,1-5H3. The van der Waals surface area contributed by atoms with Gasteiger partial charge >= 0.3 is 0 Å². The van der Waals surface area contributed by atoms with Crippen molar-refractivity contribution in [3.63, 3.8) is 0 Å². The van der Waals surface area contributed by atoms with Crippen LogP contribution in [0.25, 0.3) is 0 Å². The molecule has 0 aliphatic heterocycles. The van der Waals surface area contributed by atoms with Crippen LogP contribution in [-0.2, 0) is 6.42 Å². The second-order valence-electron chi connectivity index (χ2n) is 5.50. The van der Waals surface area contributed by atoms with E-state index in [-0.39, 0.29) is 0 Å². The fraction of sp³-hybridized carbons (Fsp3) is 0.714. The molecule has 4 nitrogen and oxygen atoms in total. The van der Waals surface area contributed by atoms with E-state index >= 15 is 0 Å². The summed E-state index contributed by atoms with van der Waals surface area (Å²) >= 11 is 0. The van der Waals surface area contributed by atoms with E-state index in [9.17, 15) is 5.11 Å². The Morgan fingerprint density at radius 2 is 2.06 bits per heavy atom. The third-order valence-corrected chi connectivity index (χ3v) is 2.90. The van der Waals surface area contributed by atoms with Gasteiger partial charge in [-0.3, -0.25) is 0 Å². The second kappa shape index (κ2) is 6.14. The molecule has 1 aromatic rings. The van der Waals surface area contributed by atoms with Gasteiger partial charge in [0, 0.05) is 25.4 Å². The monoisotopic (exact) mass is 251 g/mol. The Bertz CT molecular complexity index is 385. The van der Waals surface area contributed by atoms with Crippen LogP contribution in [0.1, 0.15) is 45.0 Å². The second-order valence-corrected chi connectivity index (χ2v) is 5.50. The number of hydrogen-bond acceptors (Lipinski definition) is 4. The molecule has 0 aliphatic rings. The third kappa shape index (κ3) is 4.61. The number of aliphatic hydroxyl groups is 1. The van der Waals surface area contributed by atoms with E-state index in [1.54, 1.807) is 0 Å². The Balaban J connectivity index is 2.82.